The third kappa shape index (κ3) is 5.58. The zero-order valence-electron chi connectivity index (χ0n) is 10.1. The molecule has 0 saturated carbocycles. The molecule has 1 aromatic carbocycles. The quantitative estimate of drug-likeness (QED) is 0.690. The Morgan fingerprint density at radius 1 is 1.07 bits per heavy atom. The maximum atomic E-state index is 5.76. The van der Waals surface area contributed by atoms with Crippen molar-refractivity contribution in [3.05, 3.63) is 35.9 Å². The standard InChI is InChI=1S/C14H22O/c1-12(2)11-13(3)15-10-9-14-7-5-4-6-8-14/h4-8,12-13H,9-11H2,1-3H3. The summed E-state index contributed by atoms with van der Waals surface area (Å²) in [7, 11) is 0. The van der Waals surface area contributed by atoms with E-state index in [1.54, 1.807) is 0 Å². The largest absolute Gasteiger partial charge is 0.378 e. The topological polar surface area (TPSA) is 9.23 Å². The van der Waals surface area contributed by atoms with Crippen LogP contribution in [0.15, 0.2) is 30.3 Å². The van der Waals surface area contributed by atoms with E-state index in [0.717, 1.165) is 25.4 Å². The fourth-order valence-electron chi connectivity index (χ4n) is 1.75. The van der Waals surface area contributed by atoms with Gasteiger partial charge in [-0.3, -0.25) is 0 Å². The molecule has 0 saturated heterocycles. The molecule has 0 fully saturated rings. The average molecular weight is 206 g/mol. The number of ether oxygens (including phenoxy) is 1. The van der Waals surface area contributed by atoms with Crippen LogP contribution in [0.2, 0.25) is 0 Å². The van der Waals surface area contributed by atoms with Gasteiger partial charge in [0.2, 0.25) is 0 Å². The highest BCUT2D eigenvalue weighted by Gasteiger charge is 2.04. The predicted molar refractivity (Wildman–Crippen MR) is 65.0 cm³/mol. The van der Waals surface area contributed by atoms with Crippen LogP contribution in [0.4, 0.5) is 0 Å². The molecule has 0 bridgehead atoms. The predicted octanol–water partition coefficient (Wildman–Crippen LogP) is 3.68. The van der Waals surface area contributed by atoms with Gasteiger partial charge in [-0.05, 0) is 31.2 Å². The lowest BCUT2D eigenvalue weighted by molar-refractivity contribution is 0.0541. The molecule has 1 aromatic rings. The van der Waals surface area contributed by atoms with Crippen LogP contribution in [-0.4, -0.2) is 12.7 Å². The Balaban J connectivity index is 2.16. The molecule has 1 nitrogen and oxygen atoms in total. The molecular weight excluding hydrogens is 184 g/mol. The Morgan fingerprint density at radius 3 is 2.33 bits per heavy atom. The van der Waals surface area contributed by atoms with Gasteiger partial charge in [0.15, 0.2) is 0 Å². The summed E-state index contributed by atoms with van der Waals surface area (Å²) in [4.78, 5) is 0. The highest BCUT2D eigenvalue weighted by atomic mass is 16.5. The Kier molecular flexibility index (Phi) is 5.41. The van der Waals surface area contributed by atoms with Crippen molar-refractivity contribution in [2.24, 2.45) is 5.92 Å². The van der Waals surface area contributed by atoms with Crippen LogP contribution >= 0.6 is 0 Å². The number of hydrogen-bond acceptors (Lipinski definition) is 1. The van der Waals surface area contributed by atoms with Crippen molar-refractivity contribution in [1.29, 1.82) is 0 Å². The molecule has 84 valence electrons. The molecule has 15 heavy (non-hydrogen) atoms. The van der Waals surface area contributed by atoms with Gasteiger partial charge in [-0.25, -0.2) is 0 Å². The first kappa shape index (κ1) is 12.3. The SMILES string of the molecule is CC(C)CC(C)OCCc1ccccc1. The van der Waals surface area contributed by atoms with Gasteiger partial charge in [0.05, 0.1) is 12.7 Å². The monoisotopic (exact) mass is 206 g/mol. The van der Waals surface area contributed by atoms with E-state index in [-0.39, 0.29) is 0 Å². The lowest BCUT2D eigenvalue weighted by Gasteiger charge is -2.14. The highest BCUT2D eigenvalue weighted by Crippen LogP contribution is 2.08. The summed E-state index contributed by atoms with van der Waals surface area (Å²) >= 11 is 0. The molecule has 0 radical (unpaired) electrons. The molecule has 1 heteroatoms. The molecule has 0 aliphatic carbocycles. The van der Waals surface area contributed by atoms with E-state index in [0.29, 0.717) is 6.10 Å². The number of hydrogen-bond donors (Lipinski definition) is 0. The first-order valence-corrected chi connectivity index (χ1v) is 5.84. The third-order valence-corrected chi connectivity index (χ3v) is 2.44. The molecule has 0 N–H and O–H groups in total. The van der Waals surface area contributed by atoms with Crippen LogP contribution in [0, 0.1) is 5.92 Å². The first-order valence-electron chi connectivity index (χ1n) is 5.84. The maximum Gasteiger partial charge on any atom is 0.0549 e. The van der Waals surface area contributed by atoms with Gasteiger partial charge in [-0.1, -0.05) is 44.2 Å². The van der Waals surface area contributed by atoms with Crippen LogP contribution in [0.25, 0.3) is 0 Å². The molecular formula is C14H22O. The van der Waals surface area contributed by atoms with Gasteiger partial charge in [-0.15, -0.1) is 0 Å². The van der Waals surface area contributed by atoms with Crippen LogP contribution < -0.4 is 0 Å². The average Bonchev–Trinajstić information content (AvgIpc) is 2.18. The summed E-state index contributed by atoms with van der Waals surface area (Å²) in [6.07, 6.45) is 2.55. The molecule has 0 amide bonds. The van der Waals surface area contributed by atoms with Gasteiger partial charge < -0.3 is 4.74 Å². The molecule has 0 heterocycles. The molecule has 1 rings (SSSR count). The fourth-order valence-corrected chi connectivity index (χ4v) is 1.75. The van der Waals surface area contributed by atoms with Crippen molar-refractivity contribution in [2.45, 2.75) is 39.7 Å². The Morgan fingerprint density at radius 2 is 1.73 bits per heavy atom. The van der Waals surface area contributed by atoms with Crippen molar-refractivity contribution in [3.8, 4) is 0 Å². The van der Waals surface area contributed by atoms with E-state index in [2.05, 4.69) is 45.0 Å². The van der Waals surface area contributed by atoms with Gasteiger partial charge in [0.1, 0.15) is 0 Å². The Bertz CT molecular complexity index is 253. The Hall–Kier alpha value is -0.820. The fraction of sp³-hybridized carbons (Fsp3) is 0.571. The van der Waals surface area contributed by atoms with E-state index < -0.39 is 0 Å². The number of rotatable bonds is 6. The van der Waals surface area contributed by atoms with Crippen LogP contribution in [-0.2, 0) is 11.2 Å². The molecule has 0 aromatic heterocycles. The minimum Gasteiger partial charge on any atom is -0.378 e. The van der Waals surface area contributed by atoms with Crippen LogP contribution in [0.3, 0.4) is 0 Å². The number of benzene rings is 1. The second kappa shape index (κ2) is 6.62. The van der Waals surface area contributed by atoms with Gasteiger partial charge in [-0.2, -0.15) is 0 Å². The third-order valence-electron chi connectivity index (χ3n) is 2.44. The minimum atomic E-state index is 0.383. The van der Waals surface area contributed by atoms with E-state index in [4.69, 9.17) is 4.74 Å². The molecule has 0 aliphatic heterocycles. The van der Waals surface area contributed by atoms with Crippen LogP contribution in [0.5, 0.6) is 0 Å². The van der Waals surface area contributed by atoms with E-state index in [9.17, 15) is 0 Å². The van der Waals surface area contributed by atoms with Crippen LogP contribution in [0.1, 0.15) is 32.8 Å². The van der Waals surface area contributed by atoms with Crippen molar-refractivity contribution in [2.75, 3.05) is 6.61 Å². The van der Waals surface area contributed by atoms with Crippen molar-refractivity contribution in [3.63, 3.8) is 0 Å². The summed E-state index contributed by atoms with van der Waals surface area (Å²) < 4.78 is 5.76. The maximum absolute atomic E-state index is 5.76. The summed E-state index contributed by atoms with van der Waals surface area (Å²) in [5, 5.41) is 0. The summed E-state index contributed by atoms with van der Waals surface area (Å²) in [6.45, 7) is 7.46. The zero-order valence-corrected chi connectivity index (χ0v) is 10.1. The zero-order chi connectivity index (χ0) is 11.1. The van der Waals surface area contributed by atoms with E-state index >= 15 is 0 Å². The lowest BCUT2D eigenvalue weighted by Crippen LogP contribution is -2.13. The van der Waals surface area contributed by atoms with Crippen molar-refractivity contribution < 1.29 is 4.74 Å². The second-order valence-corrected chi connectivity index (χ2v) is 4.55. The summed E-state index contributed by atoms with van der Waals surface area (Å²) in [6, 6.07) is 10.5. The Labute approximate surface area is 93.5 Å². The smallest absolute Gasteiger partial charge is 0.0549 e. The van der Waals surface area contributed by atoms with Crippen molar-refractivity contribution in [1.82, 2.24) is 0 Å². The van der Waals surface area contributed by atoms with Gasteiger partial charge >= 0.3 is 0 Å². The first-order chi connectivity index (χ1) is 7.18. The highest BCUT2D eigenvalue weighted by molar-refractivity contribution is 5.14. The summed E-state index contributed by atoms with van der Waals surface area (Å²) in [5.41, 5.74) is 1.36. The molecule has 1 unspecified atom stereocenters. The van der Waals surface area contributed by atoms with Gasteiger partial charge in [0.25, 0.3) is 0 Å². The van der Waals surface area contributed by atoms with E-state index in [1.165, 1.54) is 5.56 Å². The normalized spacial score (nSPS) is 13.1. The summed E-state index contributed by atoms with van der Waals surface area (Å²) in [5.74, 6) is 0.719. The molecule has 0 aliphatic rings. The lowest BCUT2D eigenvalue weighted by atomic mass is 10.1. The van der Waals surface area contributed by atoms with Crippen molar-refractivity contribution >= 4 is 0 Å². The minimum absolute atomic E-state index is 0.383. The van der Waals surface area contributed by atoms with Gasteiger partial charge in [0, 0.05) is 0 Å². The molecule has 0 spiro atoms. The molecule has 1 atom stereocenters. The van der Waals surface area contributed by atoms with E-state index in [1.807, 2.05) is 6.07 Å². The second-order valence-electron chi connectivity index (χ2n) is 4.55.